The molecule has 7 nitrogen and oxygen atoms in total. The minimum absolute atomic E-state index is 0.0333. The van der Waals surface area contributed by atoms with E-state index >= 15 is 0 Å². The molecule has 3 aromatic rings. The van der Waals surface area contributed by atoms with Crippen LogP contribution in [0.15, 0.2) is 52.9 Å². The van der Waals surface area contributed by atoms with Crippen LogP contribution in [0.3, 0.4) is 0 Å². The topological polar surface area (TPSA) is 92.7 Å². The highest BCUT2D eigenvalue weighted by Crippen LogP contribution is 2.30. The summed E-state index contributed by atoms with van der Waals surface area (Å²) in [5, 5.41) is 0. The minimum atomic E-state index is -0.236. The summed E-state index contributed by atoms with van der Waals surface area (Å²) >= 11 is 0. The summed E-state index contributed by atoms with van der Waals surface area (Å²) in [7, 11) is 0. The van der Waals surface area contributed by atoms with Gasteiger partial charge in [0, 0.05) is 37.4 Å². The Morgan fingerprint density at radius 3 is 2.53 bits per heavy atom. The van der Waals surface area contributed by atoms with Gasteiger partial charge in [0.1, 0.15) is 5.52 Å². The predicted molar refractivity (Wildman–Crippen MR) is 122 cm³/mol. The standard InChI is InChI=1S/C25H28N4O3/c26-23(30)18-5-3-13-28(15-18)20-11-9-17(10-12-20)25(31)29-14-4-6-19(16-29)24-27-21-7-1-2-8-22(21)32-24/h1-2,7-12,18-19H,3-6,13-16H2,(H2,26,30). The number of para-hydroxylation sites is 2. The van der Waals surface area contributed by atoms with Crippen molar-refractivity contribution >= 4 is 28.6 Å². The van der Waals surface area contributed by atoms with Gasteiger partial charge in [0.05, 0.1) is 11.8 Å². The second kappa shape index (κ2) is 8.65. The van der Waals surface area contributed by atoms with E-state index in [1.807, 2.05) is 53.4 Å². The monoisotopic (exact) mass is 432 g/mol. The van der Waals surface area contributed by atoms with Crippen molar-refractivity contribution in [2.24, 2.45) is 11.7 Å². The van der Waals surface area contributed by atoms with Crippen molar-refractivity contribution in [1.82, 2.24) is 9.88 Å². The number of hydrogen-bond acceptors (Lipinski definition) is 5. The number of likely N-dealkylation sites (tertiary alicyclic amines) is 1. The highest BCUT2D eigenvalue weighted by molar-refractivity contribution is 5.94. The number of anilines is 1. The number of carbonyl (C=O) groups excluding carboxylic acids is 2. The molecule has 2 N–H and O–H groups in total. The lowest BCUT2D eigenvalue weighted by atomic mass is 9.96. The number of carbonyl (C=O) groups is 2. The van der Waals surface area contributed by atoms with Gasteiger partial charge >= 0.3 is 0 Å². The van der Waals surface area contributed by atoms with Gasteiger partial charge in [-0.15, -0.1) is 0 Å². The molecule has 2 atom stereocenters. The molecule has 0 radical (unpaired) electrons. The number of fused-ring (bicyclic) bond motifs is 1. The Morgan fingerprint density at radius 1 is 0.969 bits per heavy atom. The van der Waals surface area contributed by atoms with Crippen LogP contribution in [-0.2, 0) is 4.79 Å². The molecule has 7 heteroatoms. The molecule has 0 bridgehead atoms. The Bertz CT molecular complexity index is 1090. The van der Waals surface area contributed by atoms with Crippen LogP contribution in [0.4, 0.5) is 5.69 Å². The van der Waals surface area contributed by atoms with E-state index in [2.05, 4.69) is 9.88 Å². The third-order valence-corrected chi connectivity index (χ3v) is 6.67. The van der Waals surface area contributed by atoms with Crippen molar-refractivity contribution < 1.29 is 14.0 Å². The normalized spacial score (nSPS) is 21.6. The van der Waals surface area contributed by atoms with Gasteiger partial charge in [-0.2, -0.15) is 0 Å². The van der Waals surface area contributed by atoms with Gasteiger partial charge in [0.25, 0.3) is 5.91 Å². The lowest BCUT2D eigenvalue weighted by molar-refractivity contribution is -0.122. The maximum Gasteiger partial charge on any atom is 0.253 e. The second-order valence-corrected chi connectivity index (χ2v) is 8.84. The molecule has 2 aromatic carbocycles. The van der Waals surface area contributed by atoms with E-state index in [-0.39, 0.29) is 23.7 Å². The quantitative estimate of drug-likeness (QED) is 0.681. The Hall–Kier alpha value is -3.35. The Labute approximate surface area is 187 Å². The number of nitrogens with two attached hydrogens (primary N) is 1. The third-order valence-electron chi connectivity index (χ3n) is 6.67. The van der Waals surface area contributed by atoms with Gasteiger partial charge in [0.15, 0.2) is 11.5 Å². The molecule has 0 spiro atoms. The highest BCUT2D eigenvalue weighted by atomic mass is 16.3. The lowest BCUT2D eigenvalue weighted by Crippen LogP contribution is -2.41. The van der Waals surface area contributed by atoms with Crippen LogP contribution in [-0.4, -0.2) is 47.9 Å². The number of piperidine rings is 2. The van der Waals surface area contributed by atoms with Crippen molar-refractivity contribution in [1.29, 1.82) is 0 Å². The number of aromatic nitrogens is 1. The van der Waals surface area contributed by atoms with Crippen LogP contribution in [0.1, 0.15) is 47.8 Å². The molecule has 2 aliphatic heterocycles. The second-order valence-electron chi connectivity index (χ2n) is 8.84. The number of nitrogens with zero attached hydrogens (tertiary/aromatic N) is 3. The maximum absolute atomic E-state index is 13.2. The van der Waals surface area contributed by atoms with Crippen molar-refractivity contribution in [2.45, 2.75) is 31.6 Å². The van der Waals surface area contributed by atoms with Gasteiger partial charge in [0.2, 0.25) is 5.91 Å². The first-order valence-electron chi connectivity index (χ1n) is 11.4. The van der Waals surface area contributed by atoms with E-state index < -0.39 is 0 Å². The lowest BCUT2D eigenvalue weighted by Gasteiger charge is -2.33. The fourth-order valence-electron chi connectivity index (χ4n) is 4.87. The van der Waals surface area contributed by atoms with E-state index in [4.69, 9.17) is 10.2 Å². The average molecular weight is 433 g/mol. The number of benzene rings is 2. The molecule has 0 saturated carbocycles. The summed E-state index contributed by atoms with van der Waals surface area (Å²) in [6.07, 6.45) is 3.68. The molecule has 166 valence electrons. The molecule has 2 amide bonds. The number of oxazole rings is 1. The average Bonchev–Trinajstić information content (AvgIpc) is 3.28. The van der Waals surface area contributed by atoms with Crippen molar-refractivity contribution in [2.75, 3.05) is 31.1 Å². The van der Waals surface area contributed by atoms with Gasteiger partial charge in [-0.1, -0.05) is 12.1 Å². The van der Waals surface area contributed by atoms with Gasteiger partial charge in [-0.05, 0) is 62.1 Å². The molecule has 3 heterocycles. The highest BCUT2D eigenvalue weighted by Gasteiger charge is 2.29. The third kappa shape index (κ3) is 4.07. The first-order valence-corrected chi connectivity index (χ1v) is 11.4. The number of hydrogen-bond donors (Lipinski definition) is 1. The van der Waals surface area contributed by atoms with Gasteiger partial charge < -0.3 is 20.0 Å². The first kappa shape index (κ1) is 20.5. The van der Waals surface area contributed by atoms with Crippen LogP contribution < -0.4 is 10.6 Å². The first-order chi connectivity index (χ1) is 15.6. The Kier molecular flexibility index (Phi) is 5.55. The number of primary amides is 1. The fraction of sp³-hybridized carbons (Fsp3) is 0.400. The summed E-state index contributed by atoms with van der Waals surface area (Å²) in [6.45, 7) is 2.89. The van der Waals surface area contributed by atoms with Gasteiger partial charge in [-0.25, -0.2) is 4.98 Å². The molecule has 0 aliphatic carbocycles. The summed E-state index contributed by atoms with van der Waals surface area (Å²) in [5.41, 5.74) is 8.85. The smallest absolute Gasteiger partial charge is 0.253 e. The summed E-state index contributed by atoms with van der Waals surface area (Å²) in [6, 6.07) is 15.5. The van der Waals surface area contributed by atoms with E-state index in [1.54, 1.807) is 0 Å². The largest absolute Gasteiger partial charge is 0.440 e. The van der Waals surface area contributed by atoms with Crippen LogP contribution in [0.25, 0.3) is 11.1 Å². The van der Waals surface area contributed by atoms with E-state index in [0.29, 0.717) is 24.5 Å². The van der Waals surface area contributed by atoms with Crippen molar-refractivity contribution in [3.63, 3.8) is 0 Å². The summed E-state index contributed by atoms with van der Waals surface area (Å²) < 4.78 is 5.96. The Balaban J connectivity index is 1.27. The van der Waals surface area contributed by atoms with Crippen LogP contribution >= 0.6 is 0 Å². The maximum atomic E-state index is 13.2. The SMILES string of the molecule is NC(=O)C1CCCN(c2ccc(C(=O)N3CCCC(c4nc5ccccc5o4)C3)cc2)C1. The van der Waals surface area contributed by atoms with Crippen LogP contribution in [0.2, 0.25) is 0 Å². The molecule has 2 aliphatic rings. The van der Waals surface area contributed by atoms with Crippen molar-refractivity contribution in [3.05, 3.63) is 60.0 Å². The Morgan fingerprint density at radius 2 is 1.75 bits per heavy atom. The van der Waals surface area contributed by atoms with E-state index in [9.17, 15) is 9.59 Å². The zero-order chi connectivity index (χ0) is 22.1. The molecular weight excluding hydrogens is 404 g/mol. The summed E-state index contributed by atoms with van der Waals surface area (Å²) in [5.74, 6) is 0.514. The zero-order valence-corrected chi connectivity index (χ0v) is 18.1. The van der Waals surface area contributed by atoms with Crippen LogP contribution in [0, 0.1) is 5.92 Å². The molecule has 1 aromatic heterocycles. The molecule has 5 rings (SSSR count). The molecule has 32 heavy (non-hydrogen) atoms. The molecule has 2 saturated heterocycles. The minimum Gasteiger partial charge on any atom is -0.440 e. The predicted octanol–water partition coefficient (Wildman–Crippen LogP) is 3.55. The number of rotatable bonds is 4. The van der Waals surface area contributed by atoms with Crippen LogP contribution in [0.5, 0.6) is 0 Å². The van der Waals surface area contributed by atoms with Crippen molar-refractivity contribution in [3.8, 4) is 0 Å². The molecular formula is C25H28N4O3. The van der Waals surface area contributed by atoms with Gasteiger partial charge in [-0.3, -0.25) is 9.59 Å². The zero-order valence-electron chi connectivity index (χ0n) is 18.1. The molecule has 2 unspecified atom stereocenters. The fourth-order valence-corrected chi connectivity index (χ4v) is 4.87. The summed E-state index contributed by atoms with van der Waals surface area (Å²) in [4.78, 5) is 33.5. The molecule has 2 fully saturated rings. The van der Waals surface area contributed by atoms with E-state index in [0.717, 1.165) is 55.6 Å². The number of amides is 2. The van der Waals surface area contributed by atoms with E-state index in [1.165, 1.54) is 0 Å².